The second kappa shape index (κ2) is 8.07. The molecular weight excluding hydrogens is 402 g/mol. The summed E-state index contributed by atoms with van der Waals surface area (Å²) in [6.07, 6.45) is 3.72. The lowest BCUT2D eigenvalue weighted by atomic mass is 10.0. The molecule has 1 aromatic heterocycles. The SMILES string of the molecule is N#CN1CCCC(n2nc(-c3ccc(-c4ccc(F)c(F)c4)cc3)c(C(N)=O)c2N)C1. The van der Waals surface area contributed by atoms with Gasteiger partial charge in [0, 0.05) is 12.1 Å². The minimum absolute atomic E-state index is 0.120. The first-order chi connectivity index (χ1) is 14.9. The van der Waals surface area contributed by atoms with Gasteiger partial charge in [0.25, 0.3) is 5.91 Å². The first kappa shape index (κ1) is 20.3. The highest BCUT2D eigenvalue weighted by atomic mass is 19.2. The van der Waals surface area contributed by atoms with Crippen molar-refractivity contribution in [1.82, 2.24) is 14.7 Å². The van der Waals surface area contributed by atoms with Crippen molar-refractivity contribution in [3.63, 3.8) is 0 Å². The third-order valence-electron chi connectivity index (χ3n) is 5.49. The third-order valence-corrected chi connectivity index (χ3v) is 5.49. The van der Waals surface area contributed by atoms with Gasteiger partial charge in [0.05, 0.1) is 12.6 Å². The Morgan fingerprint density at radius 2 is 1.77 bits per heavy atom. The van der Waals surface area contributed by atoms with Crippen LogP contribution in [0.5, 0.6) is 0 Å². The van der Waals surface area contributed by atoms with Crippen LogP contribution in [0.15, 0.2) is 42.5 Å². The fourth-order valence-corrected chi connectivity index (χ4v) is 3.91. The summed E-state index contributed by atoms with van der Waals surface area (Å²) < 4.78 is 28.3. The van der Waals surface area contributed by atoms with Gasteiger partial charge in [-0.1, -0.05) is 30.3 Å². The number of carbonyl (C=O) groups is 1. The first-order valence-corrected chi connectivity index (χ1v) is 9.77. The summed E-state index contributed by atoms with van der Waals surface area (Å²) in [6.45, 7) is 1.13. The van der Waals surface area contributed by atoms with Crippen LogP contribution in [0.4, 0.5) is 14.6 Å². The van der Waals surface area contributed by atoms with Gasteiger partial charge in [0.1, 0.15) is 17.1 Å². The molecule has 1 atom stereocenters. The second-order valence-electron chi connectivity index (χ2n) is 7.47. The monoisotopic (exact) mass is 422 g/mol. The summed E-state index contributed by atoms with van der Waals surface area (Å²) in [7, 11) is 0. The molecular formula is C22H20F2N6O. The number of halogens is 2. The van der Waals surface area contributed by atoms with Crippen LogP contribution in [0.25, 0.3) is 22.4 Å². The lowest BCUT2D eigenvalue weighted by Gasteiger charge is -2.29. The number of nitriles is 1. The smallest absolute Gasteiger partial charge is 0.254 e. The third kappa shape index (κ3) is 3.80. The molecule has 7 nitrogen and oxygen atoms in total. The number of nitrogens with zero attached hydrogens (tertiary/aromatic N) is 4. The van der Waals surface area contributed by atoms with Gasteiger partial charge in [-0.3, -0.25) is 4.79 Å². The summed E-state index contributed by atoms with van der Waals surface area (Å²) in [6, 6.07) is 10.4. The Bertz CT molecular complexity index is 1180. The molecule has 1 aliphatic heterocycles. The van der Waals surface area contributed by atoms with Crippen molar-refractivity contribution in [2.75, 3.05) is 18.8 Å². The number of hydrogen-bond donors (Lipinski definition) is 2. The van der Waals surface area contributed by atoms with E-state index in [0.29, 0.717) is 35.5 Å². The van der Waals surface area contributed by atoms with E-state index in [1.165, 1.54) is 6.07 Å². The Morgan fingerprint density at radius 3 is 2.42 bits per heavy atom. The minimum Gasteiger partial charge on any atom is -0.383 e. The zero-order valence-electron chi connectivity index (χ0n) is 16.6. The number of likely N-dealkylation sites (tertiary alicyclic amines) is 1. The quantitative estimate of drug-likeness (QED) is 0.626. The van der Waals surface area contributed by atoms with Crippen molar-refractivity contribution in [2.24, 2.45) is 5.73 Å². The largest absolute Gasteiger partial charge is 0.383 e. The molecule has 2 aromatic carbocycles. The number of anilines is 1. The molecule has 3 aromatic rings. The first-order valence-electron chi connectivity index (χ1n) is 9.77. The lowest BCUT2D eigenvalue weighted by molar-refractivity contribution is 0.100. The van der Waals surface area contributed by atoms with E-state index in [1.54, 1.807) is 33.8 Å². The zero-order chi connectivity index (χ0) is 22.1. The summed E-state index contributed by atoms with van der Waals surface area (Å²) in [5.41, 5.74) is 14.1. The summed E-state index contributed by atoms with van der Waals surface area (Å²) >= 11 is 0. The van der Waals surface area contributed by atoms with Gasteiger partial charge in [-0.2, -0.15) is 10.4 Å². The summed E-state index contributed by atoms with van der Waals surface area (Å²) in [5.74, 6) is -2.37. The van der Waals surface area contributed by atoms with Gasteiger partial charge in [-0.25, -0.2) is 13.5 Å². The van der Waals surface area contributed by atoms with Gasteiger partial charge in [-0.05, 0) is 36.1 Å². The van der Waals surface area contributed by atoms with Gasteiger partial charge in [0.15, 0.2) is 17.8 Å². The van der Waals surface area contributed by atoms with Gasteiger partial charge >= 0.3 is 0 Å². The number of rotatable bonds is 4. The molecule has 0 radical (unpaired) electrons. The molecule has 0 bridgehead atoms. The highest BCUT2D eigenvalue weighted by molar-refractivity contribution is 6.03. The van der Waals surface area contributed by atoms with Crippen molar-refractivity contribution in [1.29, 1.82) is 5.26 Å². The van der Waals surface area contributed by atoms with Gasteiger partial charge < -0.3 is 16.4 Å². The number of nitrogen functional groups attached to an aromatic ring is 1. The zero-order valence-corrected chi connectivity index (χ0v) is 16.6. The second-order valence-corrected chi connectivity index (χ2v) is 7.47. The molecule has 4 N–H and O–H groups in total. The number of hydrogen-bond acceptors (Lipinski definition) is 5. The van der Waals surface area contributed by atoms with Crippen molar-refractivity contribution in [3.05, 3.63) is 59.7 Å². The molecule has 1 aliphatic rings. The average molecular weight is 422 g/mol. The Hall–Kier alpha value is -3.93. The molecule has 0 saturated carbocycles. The van der Waals surface area contributed by atoms with Crippen LogP contribution in [0.2, 0.25) is 0 Å². The van der Waals surface area contributed by atoms with Crippen molar-refractivity contribution >= 4 is 11.7 Å². The van der Waals surface area contributed by atoms with E-state index in [2.05, 4.69) is 11.3 Å². The van der Waals surface area contributed by atoms with Crippen LogP contribution < -0.4 is 11.5 Å². The molecule has 31 heavy (non-hydrogen) atoms. The minimum atomic E-state index is -0.928. The van der Waals surface area contributed by atoms with Crippen LogP contribution in [0, 0.1) is 23.1 Å². The summed E-state index contributed by atoms with van der Waals surface area (Å²) in [4.78, 5) is 13.8. The molecule has 2 heterocycles. The number of aromatic nitrogens is 2. The normalized spacial score (nSPS) is 16.2. The Morgan fingerprint density at radius 1 is 1.10 bits per heavy atom. The molecule has 1 amide bonds. The number of carbonyl (C=O) groups excluding carboxylic acids is 1. The van der Waals surface area contributed by atoms with Crippen molar-refractivity contribution in [2.45, 2.75) is 18.9 Å². The maximum Gasteiger partial charge on any atom is 0.254 e. The summed E-state index contributed by atoms with van der Waals surface area (Å²) in [5, 5.41) is 13.8. The van der Waals surface area contributed by atoms with E-state index in [-0.39, 0.29) is 17.4 Å². The Kier molecular flexibility index (Phi) is 5.29. The number of benzene rings is 2. The molecule has 4 rings (SSSR count). The molecule has 1 unspecified atom stereocenters. The molecule has 1 saturated heterocycles. The molecule has 1 fully saturated rings. The van der Waals surface area contributed by atoms with Crippen LogP contribution in [0.1, 0.15) is 29.2 Å². The predicted octanol–water partition coefficient (Wildman–Crippen LogP) is 3.29. The molecule has 0 aliphatic carbocycles. The maximum absolute atomic E-state index is 13.6. The van der Waals surface area contributed by atoms with E-state index >= 15 is 0 Å². The van der Waals surface area contributed by atoms with Gasteiger partial charge in [0.2, 0.25) is 0 Å². The fraction of sp³-hybridized carbons (Fsp3) is 0.227. The van der Waals surface area contributed by atoms with Gasteiger partial charge in [-0.15, -0.1) is 0 Å². The standard InChI is InChI=1S/C22H20F2N6O/c23-17-8-7-15(10-18(17)24)13-3-5-14(6-4-13)20-19(22(27)31)21(26)30(28-20)16-2-1-9-29(11-16)12-25/h3-8,10,16H,1-2,9,11,26H2,(H2,27,31). The Balaban J connectivity index is 1.71. The Labute approximate surface area is 177 Å². The van der Waals surface area contributed by atoms with Crippen molar-refractivity contribution < 1.29 is 13.6 Å². The number of amides is 1. The molecule has 158 valence electrons. The fourth-order valence-electron chi connectivity index (χ4n) is 3.91. The van der Waals surface area contributed by atoms with E-state index in [4.69, 9.17) is 11.5 Å². The van der Waals surface area contributed by atoms with Crippen molar-refractivity contribution in [3.8, 4) is 28.6 Å². The number of nitrogens with two attached hydrogens (primary N) is 2. The van der Waals surface area contributed by atoms with E-state index in [1.807, 2.05) is 0 Å². The molecule has 0 spiro atoms. The maximum atomic E-state index is 13.6. The van der Waals surface area contributed by atoms with E-state index in [0.717, 1.165) is 25.0 Å². The lowest BCUT2D eigenvalue weighted by Crippen LogP contribution is -2.34. The van der Waals surface area contributed by atoms with Crippen LogP contribution in [-0.2, 0) is 0 Å². The van der Waals surface area contributed by atoms with E-state index < -0.39 is 17.5 Å². The van der Waals surface area contributed by atoms with E-state index in [9.17, 15) is 18.8 Å². The average Bonchev–Trinajstić information content (AvgIpc) is 3.13. The topological polar surface area (TPSA) is 114 Å². The van der Waals surface area contributed by atoms with Crippen LogP contribution >= 0.6 is 0 Å². The van der Waals surface area contributed by atoms with Crippen LogP contribution in [-0.4, -0.2) is 33.7 Å². The highest BCUT2D eigenvalue weighted by Crippen LogP contribution is 2.33. The highest BCUT2D eigenvalue weighted by Gasteiger charge is 2.28. The predicted molar refractivity (Wildman–Crippen MR) is 111 cm³/mol. The number of primary amides is 1. The molecule has 9 heteroatoms. The number of piperidine rings is 1. The van der Waals surface area contributed by atoms with Crippen LogP contribution in [0.3, 0.4) is 0 Å².